The van der Waals surface area contributed by atoms with Gasteiger partial charge in [-0.2, -0.15) is 0 Å². The molecule has 4 nitrogen and oxygen atoms in total. The number of nitrogens with zero attached hydrogens (tertiary/aromatic N) is 1. The van der Waals surface area contributed by atoms with E-state index in [1.807, 2.05) is 18.2 Å². The molecule has 1 aromatic heterocycles. The minimum absolute atomic E-state index is 0.143. The number of nitrogens with two attached hydrogens (primary N) is 1. The number of rotatable bonds is 4. The van der Waals surface area contributed by atoms with E-state index in [0.717, 1.165) is 5.69 Å². The van der Waals surface area contributed by atoms with Crippen LogP contribution in [0.3, 0.4) is 0 Å². The fourth-order valence-electron chi connectivity index (χ4n) is 2.06. The van der Waals surface area contributed by atoms with Crippen molar-refractivity contribution in [2.75, 3.05) is 5.32 Å². The maximum atomic E-state index is 11.1. The van der Waals surface area contributed by atoms with Crippen LogP contribution >= 0.6 is 0 Å². The molecule has 0 aliphatic heterocycles. The summed E-state index contributed by atoms with van der Waals surface area (Å²) in [4.78, 5) is 15.0. The van der Waals surface area contributed by atoms with Crippen molar-refractivity contribution in [2.24, 2.45) is 5.73 Å². The van der Waals surface area contributed by atoms with Crippen LogP contribution in [0.4, 0.5) is 5.69 Å². The van der Waals surface area contributed by atoms with E-state index in [0.29, 0.717) is 0 Å². The SMILES string of the molecule is Cc1ccccc1C(C)Nc1ccnc(C(N)=O)c1. The first-order valence-corrected chi connectivity index (χ1v) is 6.16. The number of hydrogen-bond acceptors (Lipinski definition) is 3. The van der Waals surface area contributed by atoms with Gasteiger partial charge in [0.1, 0.15) is 5.69 Å². The molecule has 0 aliphatic carbocycles. The van der Waals surface area contributed by atoms with Crippen LogP contribution in [-0.4, -0.2) is 10.9 Å². The number of benzene rings is 1. The molecule has 2 rings (SSSR count). The monoisotopic (exact) mass is 255 g/mol. The van der Waals surface area contributed by atoms with Crippen molar-refractivity contribution in [3.05, 3.63) is 59.4 Å². The molecule has 3 N–H and O–H groups in total. The van der Waals surface area contributed by atoms with Crippen LogP contribution in [0.1, 0.15) is 34.6 Å². The van der Waals surface area contributed by atoms with Crippen LogP contribution < -0.4 is 11.1 Å². The number of nitrogens with one attached hydrogen (secondary N) is 1. The summed E-state index contributed by atoms with van der Waals surface area (Å²) in [7, 11) is 0. The first kappa shape index (κ1) is 13.1. The fourth-order valence-corrected chi connectivity index (χ4v) is 2.06. The molecule has 1 atom stereocenters. The second-order valence-electron chi connectivity index (χ2n) is 4.52. The van der Waals surface area contributed by atoms with E-state index in [-0.39, 0.29) is 11.7 Å². The highest BCUT2D eigenvalue weighted by Crippen LogP contribution is 2.21. The molecule has 0 saturated carbocycles. The predicted octanol–water partition coefficient (Wildman–Crippen LogP) is 2.66. The van der Waals surface area contributed by atoms with Crippen LogP contribution in [0.5, 0.6) is 0 Å². The van der Waals surface area contributed by atoms with Gasteiger partial charge >= 0.3 is 0 Å². The Labute approximate surface area is 112 Å². The lowest BCUT2D eigenvalue weighted by molar-refractivity contribution is 0.0995. The zero-order valence-corrected chi connectivity index (χ0v) is 11.1. The summed E-state index contributed by atoms with van der Waals surface area (Å²) in [5, 5.41) is 3.35. The Morgan fingerprint density at radius 3 is 2.74 bits per heavy atom. The number of amides is 1. The largest absolute Gasteiger partial charge is 0.378 e. The number of carbonyl (C=O) groups excluding carboxylic acids is 1. The molecule has 1 unspecified atom stereocenters. The molecule has 1 heterocycles. The van der Waals surface area contributed by atoms with Crippen molar-refractivity contribution in [3.8, 4) is 0 Å². The van der Waals surface area contributed by atoms with Crippen molar-refractivity contribution >= 4 is 11.6 Å². The van der Waals surface area contributed by atoms with Crippen LogP contribution in [0.15, 0.2) is 42.6 Å². The molecule has 0 bridgehead atoms. The van der Waals surface area contributed by atoms with Crippen molar-refractivity contribution in [3.63, 3.8) is 0 Å². The summed E-state index contributed by atoms with van der Waals surface area (Å²) in [6, 6.07) is 11.8. The third-order valence-corrected chi connectivity index (χ3v) is 3.05. The standard InChI is InChI=1S/C15H17N3O/c1-10-5-3-4-6-13(10)11(2)18-12-7-8-17-14(9-12)15(16)19/h3-9,11H,1-2H3,(H2,16,19)(H,17,18). The van der Waals surface area contributed by atoms with E-state index in [2.05, 4.69) is 36.3 Å². The summed E-state index contributed by atoms with van der Waals surface area (Å²) in [5.74, 6) is -0.521. The van der Waals surface area contributed by atoms with Gasteiger partial charge in [0, 0.05) is 17.9 Å². The van der Waals surface area contributed by atoms with E-state index < -0.39 is 5.91 Å². The average molecular weight is 255 g/mol. The first-order chi connectivity index (χ1) is 9.08. The molecule has 0 fully saturated rings. The van der Waals surface area contributed by atoms with Crippen molar-refractivity contribution in [1.29, 1.82) is 0 Å². The zero-order valence-electron chi connectivity index (χ0n) is 11.1. The Bertz CT molecular complexity index is 595. The summed E-state index contributed by atoms with van der Waals surface area (Å²) in [5.41, 5.74) is 8.77. The minimum atomic E-state index is -0.521. The molecule has 2 aromatic rings. The summed E-state index contributed by atoms with van der Waals surface area (Å²) in [6.07, 6.45) is 1.58. The van der Waals surface area contributed by atoms with Gasteiger partial charge in [0.25, 0.3) is 5.91 Å². The molecule has 0 spiro atoms. The maximum absolute atomic E-state index is 11.1. The maximum Gasteiger partial charge on any atom is 0.267 e. The third-order valence-electron chi connectivity index (χ3n) is 3.05. The third kappa shape index (κ3) is 3.10. The Kier molecular flexibility index (Phi) is 3.80. The molecule has 98 valence electrons. The van der Waals surface area contributed by atoms with Crippen LogP contribution in [0.25, 0.3) is 0 Å². The topological polar surface area (TPSA) is 68.0 Å². The van der Waals surface area contributed by atoms with Crippen molar-refractivity contribution in [1.82, 2.24) is 4.98 Å². The molecular formula is C15H17N3O. The summed E-state index contributed by atoms with van der Waals surface area (Å²) in [6.45, 7) is 4.15. The van der Waals surface area contributed by atoms with Gasteiger partial charge < -0.3 is 11.1 Å². The minimum Gasteiger partial charge on any atom is -0.378 e. The van der Waals surface area contributed by atoms with E-state index in [4.69, 9.17) is 5.73 Å². The average Bonchev–Trinajstić information content (AvgIpc) is 2.39. The van der Waals surface area contributed by atoms with Crippen LogP contribution in [0.2, 0.25) is 0 Å². The number of hydrogen-bond donors (Lipinski definition) is 2. The van der Waals surface area contributed by atoms with Gasteiger partial charge in [-0.3, -0.25) is 9.78 Å². The Morgan fingerprint density at radius 2 is 2.05 bits per heavy atom. The van der Waals surface area contributed by atoms with Gasteiger partial charge in [-0.05, 0) is 37.1 Å². The van der Waals surface area contributed by atoms with Crippen LogP contribution in [0, 0.1) is 6.92 Å². The Balaban J connectivity index is 2.19. The molecule has 4 heteroatoms. The van der Waals surface area contributed by atoms with Crippen LogP contribution in [-0.2, 0) is 0 Å². The lowest BCUT2D eigenvalue weighted by atomic mass is 10.0. The normalized spacial score (nSPS) is 11.9. The molecule has 0 radical (unpaired) electrons. The Morgan fingerprint density at radius 1 is 1.32 bits per heavy atom. The number of anilines is 1. The zero-order chi connectivity index (χ0) is 13.8. The highest BCUT2D eigenvalue weighted by atomic mass is 16.1. The van der Waals surface area contributed by atoms with Gasteiger partial charge in [0.15, 0.2) is 0 Å². The number of pyridine rings is 1. The van der Waals surface area contributed by atoms with Crippen molar-refractivity contribution in [2.45, 2.75) is 19.9 Å². The highest BCUT2D eigenvalue weighted by molar-refractivity contribution is 5.91. The van der Waals surface area contributed by atoms with Gasteiger partial charge in [0.05, 0.1) is 0 Å². The van der Waals surface area contributed by atoms with Gasteiger partial charge in [-0.1, -0.05) is 24.3 Å². The quantitative estimate of drug-likeness (QED) is 0.882. The molecule has 19 heavy (non-hydrogen) atoms. The predicted molar refractivity (Wildman–Crippen MR) is 76.0 cm³/mol. The second kappa shape index (κ2) is 5.52. The van der Waals surface area contributed by atoms with E-state index in [1.165, 1.54) is 11.1 Å². The second-order valence-corrected chi connectivity index (χ2v) is 4.52. The highest BCUT2D eigenvalue weighted by Gasteiger charge is 2.09. The molecular weight excluding hydrogens is 238 g/mol. The number of primary amides is 1. The van der Waals surface area contributed by atoms with Gasteiger partial charge in [0.2, 0.25) is 0 Å². The number of carbonyl (C=O) groups is 1. The van der Waals surface area contributed by atoms with Crippen molar-refractivity contribution < 1.29 is 4.79 Å². The van der Waals surface area contributed by atoms with Gasteiger partial charge in [-0.15, -0.1) is 0 Å². The summed E-state index contributed by atoms with van der Waals surface area (Å²) < 4.78 is 0. The first-order valence-electron chi connectivity index (χ1n) is 6.16. The number of aryl methyl sites for hydroxylation is 1. The fraction of sp³-hybridized carbons (Fsp3) is 0.200. The Hall–Kier alpha value is -2.36. The molecule has 0 aliphatic rings. The smallest absolute Gasteiger partial charge is 0.267 e. The van der Waals surface area contributed by atoms with E-state index in [9.17, 15) is 4.79 Å². The lowest BCUT2D eigenvalue weighted by Crippen LogP contribution is -2.14. The van der Waals surface area contributed by atoms with Gasteiger partial charge in [-0.25, -0.2) is 0 Å². The lowest BCUT2D eigenvalue weighted by Gasteiger charge is -2.17. The summed E-state index contributed by atoms with van der Waals surface area (Å²) >= 11 is 0. The number of aromatic nitrogens is 1. The van der Waals surface area contributed by atoms with E-state index >= 15 is 0 Å². The molecule has 1 amide bonds. The van der Waals surface area contributed by atoms with E-state index in [1.54, 1.807) is 12.3 Å². The molecule has 0 saturated heterocycles. The molecule has 1 aromatic carbocycles.